The first-order chi connectivity index (χ1) is 18.3. The van der Waals surface area contributed by atoms with E-state index in [1.165, 1.54) is 32.2 Å². The third-order valence-electron chi connectivity index (χ3n) is 8.03. The molecule has 2 aliphatic rings. The third-order valence-corrected chi connectivity index (χ3v) is 14.8. The molecule has 0 saturated carbocycles. The molecule has 0 N–H and O–H groups in total. The van der Waals surface area contributed by atoms with Gasteiger partial charge in [-0.15, -0.1) is 0 Å². The maximum atomic E-state index is 3.08. The summed E-state index contributed by atoms with van der Waals surface area (Å²) in [5.41, 5.74) is 7.44. The fourth-order valence-corrected chi connectivity index (χ4v) is 14.1. The maximum absolute atomic E-state index is 3.08. The van der Waals surface area contributed by atoms with Gasteiger partial charge in [0.1, 0.15) is 0 Å². The lowest BCUT2D eigenvalue weighted by molar-refractivity contribution is 0.632. The normalized spacial score (nSPS) is 21.4. The summed E-state index contributed by atoms with van der Waals surface area (Å²) in [6.07, 6.45) is 7.35. The second kappa shape index (κ2) is 11.6. The van der Waals surface area contributed by atoms with Gasteiger partial charge in [-0.3, -0.25) is 4.44 Å². The van der Waals surface area contributed by atoms with E-state index < -0.39 is 16.1 Å². The third kappa shape index (κ3) is 5.07. The van der Waals surface area contributed by atoms with Crippen LogP contribution < -0.4 is 10.6 Å². The Morgan fingerprint density at radius 3 is 1.57 bits per heavy atom. The van der Waals surface area contributed by atoms with E-state index in [4.69, 9.17) is 0 Å². The maximum Gasteiger partial charge on any atom is 0.0324 e. The smallest absolute Gasteiger partial charge is 0.0324 e. The molecule has 0 radical (unpaired) electrons. The molecule has 188 valence electrons. The van der Waals surface area contributed by atoms with E-state index in [2.05, 4.69) is 121 Å². The number of benzene rings is 4. The summed E-state index contributed by atoms with van der Waals surface area (Å²) in [5, 5.41) is 3.21. The quantitative estimate of drug-likeness (QED) is 0.220. The van der Waals surface area contributed by atoms with Crippen molar-refractivity contribution in [3.63, 3.8) is 0 Å². The lowest BCUT2D eigenvalue weighted by Crippen LogP contribution is -2.29. The largest absolute Gasteiger partial charge is 0.251 e. The molecular weight excluding hydrogens is 484 g/mol. The zero-order valence-electron chi connectivity index (χ0n) is 21.8. The first-order valence-electron chi connectivity index (χ1n) is 14.0. The number of unbranched alkanes of at least 4 members (excludes halogenated alkanes) is 1. The molecule has 0 aromatic heterocycles. The van der Waals surface area contributed by atoms with Gasteiger partial charge in [0.15, 0.2) is 0 Å². The van der Waals surface area contributed by atoms with Crippen molar-refractivity contribution in [2.75, 3.05) is 6.54 Å². The van der Waals surface area contributed by atoms with Gasteiger partial charge in [0, 0.05) is 25.9 Å². The minimum Gasteiger partial charge on any atom is -0.251 e. The average Bonchev–Trinajstić information content (AvgIpc) is 3.33. The number of hydrogen-bond donors (Lipinski definition) is 0. The highest BCUT2D eigenvalue weighted by Gasteiger charge is 2.44. The summed E-state index contributed by atoms with van der Waals surface area (Å²) in [7, 11) is -1.01. The molecular formula is C34H37NP2. The fourth-order valence-electron chi connectivity index (χ4n) is 6.23. The van der Waals surface area contributed by atoms with Gasteiger partial charge in [-0.2, -0.15) is 0 Å². The van der Waals surface area contributed by atoms with Crippen molar-refractivity contribution in [2.24, 2.45) is 0 Å². The molecule has 4 aromatic rings. The van der Waals surface area contributed by atoms with E-state index >= 15 is 0 Å². The van der Waals surface area contributed by atoms with Crippen LogP contribution in [0.15, 0.2) is 109 Å². The van der Waals surface area contributed by atoms with Gasteiger partial charge in [-0.1, -0.05) is 123 Å². The Bertz CT molecular complexity index is 1210. The van der Waals surface area contributed by atoms with Crippen LogP contribution in [0.25, 0.3) is 0 Å². The molecule has 0 aliphatic carbocycles. The molecule has 1 fully saturated rings. The Labute approximate surface area is 225 Å². The van der Waals surface area contributed by atoms with Crippen molar-refractivity contribution in [2.45, 2.75) is 56.8 Å². The molecule has 2 aliphatic heterocycles. The summed E-state index contributed by atoms with van der Waals surface area (Å²) >= 11 is 0. The van der Waals surface area contributed by atoms with Crippen LogP contribution in [0.2, 0.25) is 0 Å². The summed E-state index contributed by atoms with van der Waals surface area (Å²) in [6.45, 7) is 3.54. The van der Waals surface area contributed by atoms with Crippen molar-refractivity contribution in [1.29, 1.82) is 0 Å². The van der Waals surface area contributed by atoms with Crippen LogP contribution in [0.5, 0.6) is 0 Å². The lowest BCUT2D eigenvalue weighted by Gasteiger charge is -2.43. The number of aryl methyl sites for hydroxylation is 2. The second-order valence-corrected chi connectivity index (χ2v) is 15.2. The van der Waals surface area contributed by atoms with Gasteiger partial charge in [0.2, 0.25) is 0 Å². The van der Waals surface area contributed by atoms with Crippen molar-refractivity contribution in [3.8, 4) is 0 Å². The van der Waals surface area contributed by atoms with Gasteiger partial charge in [-0.05, 0) is 73.0 Å². The number of hydrogen-bond acceptors (Lipinski definition) is 1. The Morgan fingerprint density at radius 2 is 1.08 bits per heavy atom. The predicted molar refractivity (Wildman–Crippen MR) is 163 cm³/mol. The van der Waals surface area contributed by atoms with Crippen molar-refractivity contribution >= 4 is 26.8 Å². The van der Waals surface area contributed by atoms with E-state index in [1.807, 2.05) is 0 Å². The molecule has 37 heavy (non-hydrogen) atoms. The molecule has 0 amide bonds. The van der Waals surface area contributed by atoms with Gasteiger partial charge >= 0.3 is 0 Å². The van der Waals surface area contributed by atoms with Crippen LogP contribution in [0, 0.1) is 0 Å². The van der Waals surface area contributed by atoms with E-state index in [0.717, 1.165) is 12.8 Å². The van der Waals surface area contributed by atoms with Crippen molar-refractivity contribution < 1.29 is 0 Å². The fraction of sp³-hybridized carbons (Fsp3) is 0.294. The molecule has 3 heteroatoms. The summed E-state index contributed by atoms with van der Waals surface area (Å²) in [5.74, 6) is 0. The summed E-state index contributed by atoms with van der Waals surface area (Å²) < 4.78 is 3.08. The molecule has 6 rings (SSSR count). The van der Waals surface area contributed by atoms with E-state index in [1.54, 1.807) is 32.9 Å². The van der Waals surface area contributed by atoms with Crippen LogP contribution >= 0.6 is 16.1 Å². The predicted octanol–water partition coefficient (Wildman–Crippen LogP) is 8.91. The highest BCUT2D eigenvalue weighted by atomic mass is 31.2. The first kappa shape index (κ1) is 25.0. The first-order valence-corrected chi connectivity index (χ1v) is 16.7. The standard InChI is InChI=1S/C34H37NP2/c1-2-3-26-35(36-31-20-12-10-18-29(31)22-23-30-19-11-13-21-32(30)36)37-33(27-14-6-4-7-15-27)24-25-34(37)28-16-8-5-9-17-28/h4-21,33-34H,2-3,22-26H2,1H3/t33-,34?,37?/m1/s1. The van der Waals surface area contributed by atoms with Gasteiger partial charge < -0.3 is 0 Å². The minimum absolute atomic E-state index is 0.421. The molecule has 2 heterocycles. The number of fused-ring (bicyclic) bond motifs is 2. The van der Waals surface area contributed by atoms with Crippen LogP contribution in [-0.2, 0) is 12.8 Å². The van der Waals surface area contributed by atoms with Crippen LogP contribution in [0.4, 0.5) is 0 Å². The Morgan fingerprint density at radius 1 is 0.622 bits per heavy atom. The molecule has 0 spiro atoms. The van der Waals surface area contributed by atoms with Crippen molar-refractivity contribution in [1.82, 2.24) is 4.44 Å². The second-order valence-electron chi connectivity index (χ2n) is 10.3. The summed E-state index contributed by atoms with van der Waals surface area (Å²) in [4.78, 5) is 0. The van der Waals surface area contributed by atoms with Crippen LogP contribution in [0.1, 0.15) is 66.2 Å². The van der Waals surface area contributed by atoms with E-state index in [9.17, 15) is 0 Å². The van der Waals surface area contributed by atoms with Gasteiger partial charge in [-0.25, -0.2) is 0 Å². The monoisotopic (exact) mass is 521 g/mol. The molecule has 1 nitrogen and oxygen atoms in total. The number of nitrogens with zero attached hydrogens (tertiary/aromatic N) is 1. The zero-order valence-corrected chi connectivity index (χ0v) is 23.6. The Hall–Kier alpha value is -2.30. The molecule has 1 saturated heterocycles. The van der Waals surface area contributed by atoms with Gasteiger partial charge in [0.25, 0.3) is 0 Å². The Kier molecular flexibility index (Phi) is 7.85. The topological polar surface area (TPSA) is 3.24 Å². The molecule has 4 aromatic carbocycles. The zero-order chi connectivity index (χ0) is 25.0. The Balaban J connectivity index is 1.54. The SMILES string of the molecule is CCCCN(P1c2ccccc2CCc2ccccc21)P1C(c2ccccc2)CC[C@@H]1c1ccccc1. The lowest BCUT2D eigenvalue weighted by atomic mass is 10.0. The molecule has 2 unspecified atom stereocenters. The average molecular weight is 522 g/mol. The molecule has 0 bridgehead atoms. The van der Waals surface area contributed by atoms with Crippen molar-refractivity contribution in [3.05, 3.63) is 131 Å². The van der Waals surface area contributed by atoms with E-state index in [0.29, 0.717) is 11.3 Å². The highest BCUT2D eigenvalue weighted by Crippen LogP contribution is 2.76. The highest BCUT2D eigenvalue weighted by molar-refractivity contribution is 7.79. The van der Waals surface area contributed by atoms with Gasteiger partial charge in [0.05, 0.1) is 0 Å². The minimum atomic E-state index is -0.588. The van der Waals surface area contributed by atoms with E-state index in [-0.39, 0.29) is 0 Å². The number of rotatable bonds is 7. The van der Waals surface area contributed by atoms with Crippen LogP contribution in [0.3, 0.4) is 0 Å². The molecule has 3 atom stereocenters. The summed E-state index contributed by atoms with van der Waals surface area (Å²) in [6, 6.07) is 41.7. The van der Waals surface area contributed by atoms with Crippen LogP contribution in [-0.4, -0.2) is 11.0 Å².